The van der Waals surface area contributed by atoms with Crippen LogP contribution in [-0.4, -0.2) is 32.5 Å². The molecule has 24 heavy (non-hydrogen) atoms. The zero-order chi connectivity index (χ0) is 17.1. The number of aliphatic hydroxyl groups excluding tert-OH is 2. The fraction of sp³-hybridized carbons (Fsp3) is 0.316. The van der Waals surface area contributed by atoms with Crippen LogP contribution in [0.15, 0.2) is 47.6 Å². The molecule has 1 unspecified atom stereocenters. The number of hydrogen-bond donors (Lipinski definition) is 2. The highest BCUT2D eigenvalue weighted by Crippen LogP contribution is 2.28. The maximum absolute atomic E-state index is 9.91. The van der Waals surface area contributed by atoms with E-state index in [1.165, 1.54) is 16.7 Å². The van der Waals surface area contributed by atoms with Gasteiger partial charge < -0.3 is 14.8 Å². The standard InChI is InChI=1S/C19H22N2O2S/c1-13-8-17-18(9-14(13)2)21(10-16(23)11-22)19(20-17)24-12-15-6-4-3-5-7-15/h3-9,16,22-23H,10-12H2,1-2H3. The van der Waals surface area contributed by atoms with Crippen LogP contribution < -0.4 is 0 Å². The summed E-state index contributed by atoms with van der Waals surface area (Å²) >= 11 is 1.65. The number of fused-ring (bicyclic) bond motifs is 1. The number of aliphatic hydroxyl groups is 2. The molecule has 0 amide bonds. The Labute approximate surface area is 146 Å². The summed E-state index contributed by atoms with van der Waals surface area (Å²) in [5, 5.41) is 20.0. The predicted octanol–water partition coefficient (Wildman–Crippen LogP) is 3.30. The molecule has 1 atom stereocenters. The van der Waals surface area contributed by atoms with Crippen LogP contribution in [0.5, 0.6) is 0 Å². The van der Waals surface area contributed by atoms with Crippen LogP contribution in [0.4, 0.5) is 0 Å². The van der Waals surface area contributed by atoms with Crippen LogP contribution in [0.25, 0.3) is 11.0 Å². The third-order valence-corrected chi connectivity index (χ3v) is 5.19. The lowest BCUT2D eigenvalue weighted by atomic mass is 10.1. The van der Waals surface area contributed by atoms with E-state index in [9.17, 15) is 10.2 Å². The Balaban J connectivity index is 1.96. The van der Waals surface area contributed by atoms with Crippen molar-refractivity contribution in [2.24, 2.45) is 0 Å². The van der Waals surface area contributed by atoms with Crippen LogP contribution in [-0.2, 0) is 12.3 Å². The van der Waals surface area contributed by atoms with E-state index in [-0.39, 0.29) is 6.61 Å². The van der Waals surface area contributed by atoms with Crippen LogP contribution in [0.3, 0.4) is 0 Å². The van der Waals surface area contributed by atoms with Crippen LogP contribution >= 0.6 is 11.8 Å². The van der Waals surface area contributed by atoms with Crippen LogP contribution in [0, 0.1) is 13.8 Å². The Morgan fingerprint density at radius 3 is 2.54 bits per heavy atom. The summed E-state index contributed by atoms with van der Waals surface area (Å²) in [4.78, 5) is 4.75. The number of benzene rings is 2. The van der Waals surface area contributed by atoms with Crippen molar-refractivity contribution in [2.45, 2.75) is 37.4 Å². The average Bonchev–Trinajstić information content (AvgIpc) is 2.91. The first kappa shape index (κ1) is 17.0. The van der Waals surface area contributed by atoms with Crippen molar-refractivity contribution in [1.82, 2.24) is 9.55 Å². The third kappa shape index (κ3) is 3.64. The Morgan fingerprint density at radius 2 is 1.83 bits per heavy atom. The molecule has 1 heterocycles. The molecule has 5 heteroatoms. The Morgan fingerprint density at radius 1 is 1.12 bits per heavy atom. The third-order valence-electron chi connectivity index (χ3n) is 4.14. The highest BCUT2D eigenvalue weighted by molar-refractivity contribution is 7.98. The van der Waals surface area contributed by atoms with E-state index in [0.29, 0.717) is 6.54 Å². The Hall–Kier alpha value is -1.82. The lowest BCUT2D eigenvalue weighted by Gasteiger charge is -2.13. The second-order valence-corrected chi connectivity index (χ2v) is 6.98. The molecule has 0 aliphatic heterocycles. The molecule has 0 spiro atoms. The number of aromatic nitrogens is 2. The van der Waals surface area contributed by atoms with Crippen molar-refractivity contribution in [2.75, 3.05) is 6.61 Å². The van der Waals surface area contributed by atoms with Crippen molar-refractivity contribution in [1.29, 1.82) is 0 Å². The van der Waals surface area contributed by atoms with E-state index in [1.54, 1.807) is 11.8 Å². The van der Waals surface area contributed by atoms with Gasteiger partial charge in [-0.1, -0.05) is 42.1 Å². The van der Waals surface area contributed by atoms with Gasteiger partial charge in [0, 0.05) is 5.75 Å². The summed E-state index contributed by atoms with van der Waals surface area (Å²) in [6.07, 6.45) is -0.792. The first-order valence-electron chi connectivity index (χ1n) is 8.01. The highest BCUT2D eigenvalue weighted by atomic mass is 32.2. The summed E-state index contributed by atoms with van der Waals surface area (Å²) < 4.78 is 2.01. The normalized spacial score (nSPS) is 12.7. The number of imidazole rings is 1. The van der Waals surface area contributed by atoms with E-state index in [0.717, 1.165) is 21.9 Å². The molecular weight excluding hydrogens is 320 g/mol. The Bertz CT molecular complexity index is 830. The highest BCUT2D eigenvalue weighted by Gasteiger charge is 2.15. The largest absolute Gasteiger partial charge is 0.394 e. The zero-order valence-electron chi connectivity index (χ0n) is 13.9. The van der Waals surface area contributed by atoms with Crippen molar-refractivity contribution in [3.63, 3.8) is 0 Å². The smallest absolute Gasteiger partial charge is 0.169 e. The molecule has 2 N–H and O–H groups in total. The van der Waals surface area contributed by atoms with Gasteiger partial charge in [0.2, 0.25) is 0 Å². The Kier molecular flexibility index (Phi) is 5.23. The van der Waals surface area contributed by atoms with Gasteiger partial charge in [-0.25, -0.2) is 4.98 Å². The van der Waals surface area contributed by atoms with E-state index in [4.69, 9.17) is 4.98 Å². The topological polar surface area (TPSA) is 58.3 Å². The number of nitrogens with zero attached hydrogens (tertiary/aromatic N) is 2. The van der Waals surface area contributed by atoms with E-state index < -0.39 is 6.10 Å². The molecular formula is C19H22N2O2S. The predicted molar refractivity (Wildman–Crippen MR) is 98.3 cm³/mol. The van der Waals surface area contributed by atoms with Gasteiger partial charge in [0.1, 0.15) is 0 Å². The molecule has 0 bridgehead atoms. The van der Waals surface area contributed by atoms with Gasteiger partial charge in [-0.2, -0.15) is 0 Å². The summed E-state index contributed by atoms with van der Waals surface area (Å²) in [7, 11) is 0. The number of thioether (sulfide) groups is 1. The second kappa shape index (κ2) is 7.38. The molecule has 0 saturated carbocycles. The van der Waals surface area contributed by atoms with Crippen LogP contribution in [0.2, 0.25) is 0 Å². The molecule has 0 radical (unpaired) electrons. The first-order chi connectivity index (χ1) is 11.6. The molecule has 1 aromatic heterocycles. The number of hydrogen-bond acceptors (Lipinski definition) is 4. The quantitative estimate of drug-likeness (QED) is 0.675. The van der Waals surface area contributed by atoms with Crippen molar-refractivity contribution in [3.8, 4) is 0 Å². The molecule has 4 nitrogen and oxygen atoms in total. The van der Waals surface area contributed by atoms with Gasteiger partial charge in [0.25, 0.3) is 0 Å². The average molecular weight is 342 g/mol. The number of aryl methyl sites for hydroxylation is 2. The molecule has 0 fully saturated rings. The SMILES string of the molecule is Cc1cc2nc(SCc3ccccc3)n(CC(O)CO)c2cc1C. The van der Waals surface area contributed by atoms with Gasteiger partial charge in [-0.05, 0) is 42.7 Å². The van der Waals surface area contributed by atoms with Crippen molar-refractivity contribution >= 4 is 22.8 Å². The molecule has 0 aliphatic rings. The molecule has 126 valence electrons. The van der Waals surface area contributed by atoms with E-state index >= 15 is 0 Å². The first-order valence-corrected chi connectivity index (χ1v) is 9.00. The maximum Gasteiger partial charge on any atom is 0.169 e. The lowest BCUT2D eigenvalue weighted by molar-refractivity contribution is 0.0802. The minimum Gasteiger partial charge on any atom is -0.394 e. The van der Waals surface area contributed by atoms with Crippen molar-refractivity contribution in [3.05, 3.63) is 59.2 Å². The summed E-state index contributed by atoms with van der Waals surface area (Å²) in [5.74, 6) is 0.817. The van der Waals surface area contributed by atoms with Gasteiger partial charge >= 0.3 is 0 Å². The second-order valence-electron chi connectivity index (χ2n) is 6.04. The fourth-order valence-electron chi connectivity index (χ4n) is 2.64. The summed E-state index contributed by atoms with van der Waals surface area (Å²) in [6.45, 7) is 4.23. The van der Waals surface area contributed by atoms with E-state index in [1.807, 2.05) is 22.8 Å². The lowest BCUT2D eigenvalue weighted by Crippen LogP contribution is -2.20. The molecule has 0 aliphatic carbocycles. The van der Waals surface area contributed by atoms with Gasteiger partial charge in [0.05, 0.1) is 30.3 Å². The summed E-state index contributed by atoms with van der Waals surface area (Å²) in [5.41, 5.74) is 5.56. The monoisotopic (exact) mass is 342 g/mol. The molecule has 3 aromatic rings. The minimum absolute atomic E-state index is 0.257. The number of rotatable bonds is 6. The van der Waals surface area contributed by atoms with Crippen LogP contribution in [0.1, 0.15) is 16.7 Å². The van der Waals surface area contributed by atoms with Gasteiger partial charge in [0.15, 0.2) is 5.16 Å². The van der Waals surface area contributed by atoms with Crippen molar-refractivity contribution < 1.29 is 10.2 Å². The zero-order valence-corrected chi connectivity index (χ0v) is 14.8. The van der Waals surface area contributed by atoms with E-state index in [2.05, 4.69) is 38.1 Å². The van der Waals surface area contributed by atoms with Gasteiger partial charge in [-0.15, -0.1) is 0 Å². The minimum atomic E-state index is -0.792. The molecule has 2 aromatic carbocycles. The fourth-order valence-corrected chi connectivity index (χ4v) is 3.61. The summed E-state index contributed by atoms with van der Waals surface area (Å²) in [6, 6.07) is 14.4. The molecule has 0 saturated heterocycles. The van der Waals surface area contributed by atoms with Gasteiger partial charge in [-0.3, -0.25) is 0 Å². The molecule has 3 rings (SSSR count). The maximum atomic E-state index is 9.91.